The average Bonchev–Trinajstić information content (AvgIpc) is 3.06. The summed E-state index contributed by atoms with van der Waals surface area (Å²) < 4.78 is 11.3. The van der Waals surface area contributed by atoms with E-state index in [0.29, 0.717) is 11.5 Å². The molecule has 1 aromatic heterocycles. The van der Waals surface area contributed by atoms with Crippen LogP contribution in [0.4, 0.5) is 0 Å². The summed E-state index contributed by atoms with van der Waals surface area (Å²) in [6.45, 7) is 4.25. The van der Waals surface area contributed by atoms with Gasteiger partial charge in [0.05, 0.1) is 5.56 Å². The first-order chi connectivity index (χ1) is 14.0. The molecule has 5 nitrogen and oxygen atoms in total. The third kappa shape index (κ3) is 3.56. The van der Waals surface area contributed by atoms with Crippen molar-refractivity contribution in [3.8, 4) is 5.75 Å². The molecule has 29 heavy (non-hydrogen) atoms. The Bertz CT molecular complexity index is 864. The van der Waals surface area contributed by atoms with Gasteiger partial charge in [0, 0.05) is 5.54 Å². The van der Waals surface area contributed by atoms with Crippen molar-refractivity contribution in [3.05, 3.63) is 46.8 Å². The van der Waals surface area contributed by atoms with Crippen LogP contribution in [-0.4, -0.2) is 16.6 Å². The SMILES string of the molecule is CCc1ccc(OCc2c(C(=O)NC34CC5CC(CC(C5)C3)C4)noc2C)cc1. The summed E-state index contributed by atoms with van der Waals surface area (Å²) in [5, 5.41) is 7.48. The smallest absolute Gasteiger partial charge is 0.274 e. The zero-order valence-electron chi connectivity index (χ0n) is 17.4. The number of aryl methyl sites for hydroxylation is 2. The molecule has 1 amide bonds. The number of carbonyl (C=O) groups excluding carboxylic acids is 1. The average molecular weight is 395 g/mol. The van der Waals surface area contributed by atoms with Crippen LogP contribution >= 0.6 is 0 Å². The maximum atomic E-state index is 13.2. The Balaban J connectivity index is 1.29. The summed E-state index contributed by atoms with van der Waals surface area (Å²) in [5.41, 5.74) is 2.36. The molecular formula is C24H30N2O3. The Labute approximate surface area is 172 Å². The minimum atomic E-state index is -0.108. The van der Waals surface area contributed by atoms with Crippen molar-refractivity contribution in [1.29, 1.82) is 0 Å². The maximum Gasteiger partial charge on any atom is 0.274 e. The minimum absolute atomic E-state index is 0.0349. The molecule has 4 aliphatic carbocycles. The maximum absolute atomic E-state index is 13.2. The molecule has 2 aromatic rings. The van der Waals surface area contributed by atoms with Crippen molar-refractivity contribution in [3.63, 3.8) is 0 Å². The number of carbonyl (C=O) groups is 1. The number of aromatic nitrogens is 1. The molecule has 154 valence electrons. The first kappa shape index (κ1) is 18.7. The normalized spacial score (nSPS) is 29.8. The number of nitrogens with one attached hydrogen (secondary N) is 1. The largest absolute Gasteiger partial charge is 0.489 e. The lowest BCUT2D eigenvalue weighted by Gasteiger charge is -2.56. The number of hydrogen-bond acceptors (Lipinski definition) is 4. The van der Waals surface area contributed by atoms with Gasteiger partial charge in [-0.05, 0) is 87.3 Å². The number of amides is 1. The molecule has 0 atom stereocenters. The van der Waals surface area contributed by atoms with Crippen LogP contribution in [0.2, 0.25) is 0 Å². The zero-order valence-corrected chi connectivity index (χ0v) is 17.4. The Morgan fingerprint density at radius 1 is 1.14 bits per heavy atom. The van der Waals surface area contributed by atoms with E-state index in [4.69, 9.17) is 9.26 Å². The standard InChI is InChI=1S/C24H30N2O3/c1-3-16-4-6-20(7-5-16)28-14-21-15(2)29-26-22(21)23(27)25-24-11-17-8-18(12-24)10-19(9-17)13-24/h4-7,17-19H,3,8-14H2,1-2H3,(H,25,27). The van der Waals surface area contributed by atoms with Crippen LogP contribution in [0.25, 0.3) is 0 Å². The first-order valence-electron chi connectivity index (χ1n) is 11.0. The van der Waals surface area contributed by atoms with Crippen LogP contribution in [0.15, 0.2) is 28.8 Å². The van der Waals surface area contributed by atoms with E-state index in [-0.39, 0.29) is 18.1 Å². The summed E-state index contributed by atoms with van der Waals surface area (Å²) in [7, 11) is 0. The van der Waals surface area contributed by atoms with E-state index in [0.717, 1.165) is 54.7 Å². The Morgan fingerprint density at radius 2 is 1.76 bits per heavy atom. The predicted molar refractivity (Wildman–Crippen MR) is 110 cm³/mol. The van der Waals surface area contributed by atoms with Gasteiger partial charge in [0.1, 0.15) is 18.1 Å². The Kier molecular flexibility index (Phi) is 4.64. The van der Waals surface area contributed by atoms with Crippen molar-refractivity contribution in [2.24, 2.45) is 17.8 Å². The summed E-state index contributed by atoms with van der Waals surface area (Å²) >= 11 is 0. The molecule has 0 saturated heterocycles. The Morgan fingerprint density at radius 3 is 2.34 bits per heavy atom. The van der Waals surface area contributed by atoms with Crippen molar-refractivity contribution < 1.29 is 14.1 Å². The van der Waals surface area contributed by atoms with E-state index in [1.165, 1.54) is 24.8 Å². The van der Waals surface area contributed by atoms with E-state index >= 15 is 0 Å². The summed E-state index contributed by atoms with van der Waals surface area (Å²) in [4.78, 5) is 13.2. The molecule has 5 heteroatoms. The van der Waals surface area contributed by atoms with Crippen molar-refractivity contribution in [2.75, 3.05) is 0 Å². The van der Waals surface area contributed by atoms with Crippen LogP contribution in [0.3, 0.4) is 0 Å². The van der Waals surface area contributed by atoms with Gasteiger partial charge in [-0.15, -0.1) is 0 Å². The van der Waals surface area contributed by atoms with Gasteiger partial charge in [-0.2, -0.15) is 0 Å². The highest BCUT2D eigenvalue weighted by Gasteiger charge is 2.51. The highest BCUT2D eigenvalue weighted by Crippen LogP contribution is 2.55. The highest BCUT2D eigenvalue weighted by atomic mass is 16.5. The van der Waals surface area contributed by atoms with Gasteiger partial charge in [0.2, 0.25) is 0 Å². The van der Waals surface area contributed by atoms with Crippen molar-refractivity contribution in [2.45, 2.75) is 70.9 Å². The molecule has 1 N–H and O–H groups in total. The molecule has 6 rings (SSSR count). The van der Waals surface area contributed by atoms with E-state index in [2.05, 4.69) is 29.5 Å². The second-order valence-corrected chi connectivity index (χ2v) is 9.50. The quantitative estimate of drug-likeness (QED) is 0.763. The van der Waals surface area contributed by atoms with Crippen LogP contribution in [0.5, 0.6) is 5.75 Å². The van der Waals surface area contributed by atoms with Crippen LogP contribution in [0.1, 0.15) is 72.8 Å². The van der Waals surface area contributed by atoms with E-state index < -0.39 is 0 Å². The van der Waals surface area contributed by atoms with E-state index in [1.807, 2.05) is 19.1 Å². The van der Waals surface area contributed by atoms with Crippen LogP contribution in [-0.2, 0) is 13.0 Å². The molecule has 4 aliphatic rings. The highest BCUT2D eigenvalue weighted by molar-refractivity contribution is 5.94. The molecule has 0 aliphatic heterocycles. The number of rotatable bonds is 6. The van der Waals surface area contributed by atoms with Crippen molar-refractivity contribution in [1.82, 2.24) is 10.5 Å². The molecular weight excluding hydrogens is 364 g/mol. The molecule has 0 unspecified atom stereocenters. The molecule has 4 bridgehead atoms. The van der Waals surface area contributed by atoms with Gasteiger partial charge in [0.25, 0.3) is 5.91 Å². The van der Waals surface area contributed by atoms with Gasteiger partial charge in [0.15, 0.2) is 5.69 Å². The van der Waals surface area contributed by atoms with Gasteiger partial charge in [-0.1, -0.05) is 24.2 Å². The van der Waals surface area contributed by atoms with E-state index in [1.54, 1.807) is 0 Å². The summed E-state index contributed by atoms with van der Waals surface area (Å²) in [5.74, 6) is 3.68. The predicted octanol–water partition coefficient (Wildman–Crippen LogP) is 4.82. The van der Waals surface area contributed by atoms with Gasteiger partial charge in [-0.25, -0.2) is 0 Å². The topological polar surface area (TPSA) is 64.4 Å². The fourth-order valence-corrected chi connectivity index (χ4v) is 6.28. The summed E-state index contributed by atoms with van der Waals surface area (Å²) in [6.07, 6.45) is 8.43. The van der Waals surface area contributed by atoms with Gasteiger partial charge < -0.3 is 14.6 Å². The molecule has 4 fully saturated rings. The fraction of sp³-hybridized carbons (Fsp3) is 0.583. The van der Waals surface area contributed by atoms with Gasteiger partial charge >= 0.3 is 0 Å². The van der Waals surface area contributed by atoms with Gasteiger partial charge in [-0.3, -0.25) is 4.79 Å². The number of nitrogens with zero attached hydrogens (tertiary/aromatic N) is 1. The molecule has 1 aromatic carbocycles. The molecule has 0 spiro atoms. The monoisotopic (exact) mass is 394 g/mol. The fourth-order valence-electron chi connectivity index (χ4n) is 6.28. The molecule has 0 radical (unpaired) electrons. The van der Waals surface area contributed by atoms with Crippen molar-refractivity contribution >= 4 is 5.91 Å². The lowest BCUT2D eigenvalue weighted by molar-refractivity contribution is -0.0168. The first-order valence-corrected chi connectivity index (χ1v) is 11.0. The number of benzene rings is 1. The third-order valence-corrected chi connectivity index (χ3v) is 7.33. The second kappa shape index (κ2) is 7.19. The molecule has 4 saturated carbocycles. The lowest BCUT2D eigenvalue weighted by atomic mass is 9.53. The van der Waals surface area contributed by atoms with Crippen LogP contribution < -0.4 is 10.1 Å². The zero-order chi connectivity index (χ0) is 20.0. The Hall–Kier alpha value is -2.30. The lowest BCUT2D eigenvalue weighted by Crippen LogP contribution is -2.60. The minimum Gasteiger partial charge on any atom is -0.489 e. The summed E-state index contributed by atoms with van der Waals surface area (Å²) in [6, 6.07) is 8.07. The molecule has 1 heterocycles. The number of hydrogen-bond donors (Lipinski definition) is 1. The number of ether oxygens (including phenoxy) is 1. The third-order valence-electron chi connectivity index (χ3n) is 7.33. The van der Waals surface area contributed by atoms with E-state index in [9.17, 15) is 4.79 Å². The second-order valence-electron chi connectivity index (χ2n) is 9.50. The van der Waals surface area contributed by atoms with Crippen LogP contribution in [0, 0.1) is 24.7 Å².